The van der Waals surface area contributed by atoms with Gasteiger partial charge in [0.05, 0.1) is 12.8 Å². The molecule has 0 aromatic carbocycles. The van der Waals surface area contributed by atoms with E-state index in [2.05, 4.69) is 17.2 Å². The molecule has 1 aromatic rings. The summed E-state index contributed by atoms with van der Waals surface area (Å²) in [4.78, 5) is 23.9. The normalized spacial score (nSPS) is 21.5. The Morgan fingerprint density at radius 2 is 1.81 bits per heavy atom. The highest BCUT2D eigenvalue weighted by molar-refractivity contribution is 5.81. The van der Waals surface area contributed by atoms with Crippen LogP contribution in [0.4, 0.5) is 0 Å². The van der Waals surface area contributed by atoms with E-state index in [4.69, 9.17) is 4.42 Å². The van der Waals surface area contributed by atoms with Crippen LogP contribution in [0.5, 0.6) is 0 Å². The summed E-state index contributed by atoms with van der Waals surface area (Å²) in [6.45, 7) is 4.50. The van der Waals surface area contributed by atoms with Crippen LogP contribution in [0.25, 0.3) is 0 Å². The Balaban J connectivity index is 1.71. The lowest BCUT2D eigenvalue weighted by atomic mass is 9.81. The van der Waals surface area contributed by atoms with Crippen molar-refractivity contribution in [1.82, 2.24) is 10.6 Å². The third-order valence-corrected chi connectivity index (χ3v) is 3.91. The molecule has 0 aliphatic heterocycles. The Morgan fingerprint density at radius 3 is 2.33 bits per heavy atom. The Bertz CT molecular complexity index is 474. The summed E-state index contributed by atoms with van der Waals surface area (Å²) in [7, 11) is 0. The maximum Gasteiger partial charge on any atom is 0.223 e. The molecule has 0 atom stereocenters. The number of nitrogens with one attached hydrogen (secondary N) is 2. The first-order valence-corrected chi connectivity index (χ1v) is 7.39. The van der Waals surface area contributed by atoms with Crippen molar-refractivity contribution in [3.8, 4) is 0 Å². The molecular formula is C16H22N2O3. The van der Waals surface area contributed by atoms with Crippen molar-refractivity contribution in [3.05, 3.63) is 36.8 Å². The highest BCUT2D eigenvalue weighted by atomic mass is 16.3. The van der Waals surface area contributed by atoms with Crippen LogP contribution in [0.3, 0.4) is 0 Å². The van der Waals surface area contributed by atoms with Crippen molar-refractivity contribution in [2.75, 3.05) is 6.54 Å². The second-order valence-electron chi connectivity index (χ2n) is 5.38. The summed E-state index contributed by atoms with van der Waals surface area (Å²) in [5.41, 5.74) is 0. The van der Waals surface area contributed by atoms with Gasteiger partial charge in [-0.25, -0.2) is 0 Å². The van der Waals surface area contributed by atoms with Crippen LogP contribution in [0.15, 0.2) is 35.5 Å². The summed E-state index contributed by atoms with van der Waals surface area (Å²) in [6, 6.07) is 3.63. The summed E-state index contributed by atoms with van der Waals surface area (Å²) >= 11 is 0. The van der Waals surface area contributed by atoms with E-state index in [0.717, 1.165) is 31.4 Å². The fourth-order valence-corrected chi connectivity index (χ4v) is 2.67. The highest BCUT2D eigenvalue weighted by Crippen LogP contribution is 2.29. The van der Waals surface area contributed by atoms with Crippen molar-refractivity contribution < 1.29 is 14.0 Å². The van der Waals surface area contributed by atoms with Crippen molar-refractivity contribution in [1.29, 1.82) is 0 Å². The van der Waals surface area contributed by atoms with Gasteiger partial charge in [-0.15, -0.1) is 6.58 Å². The fourth-order valence-electron chi connectivity index (χ4n) is 2.67. The smallest absolute Gasteiger partial charge is 0.223 e. The molecule has 0 unspecified atom stereocenters. The van der Waals surface area contributed by atoms with Crippen LogP contribution in [-0.4, -0.2) is 18.4 Å². The van der Waals surface area contributed by atoms with Crippen LogP contribution < -0.4 is 10.6 Å². The van der Waals surface area contributed by atoms with E-state index in [1.54, 1.807) is 18.4 Å². The van der Waals surface area contributed by atoms with Crippen molar-refractivity contribution >= 4 is 11.8 Å². The predicted molar refractivity (Wildman–Crippen MR) is 79.2 cm³/mol. The van der Waals surface area contributed by atoms with E-state index in [9.17, 15) is 9.59 Å². The van der Waals surface area contributed by atoms with E-state index < -0.39 is 0 Å². The van der Waals surface area contributed by atoms with Gasteiger partial charge in [0.1, 0.15) is 5.76 Å². The van der Waals surface area contributed by atoms with Gasteiger partial charge in [0.2, 0.25) is 11.8 Å². The zero-order valence-corrected chi connectivity index (χ0v) is 12.1. The third-order valence-electron chi connectivity index (χ3n) is 3.91. The first-order chi connectivity index (χ1) is 10.2. The van der Waals surface area contributed by atoms with Gasteiger partial charge >= 0.3 is 0 Å². The van der Waals surface area contributed by atoms with Gasteiger partial charge < -0.3 is 15.1 Å². The Morgan fingerprint density at radius 1 is 1.19 bits per heavy atom. The van der Waals surface area contributed by atoms with Crippen LogP contribution in [0.1, 0.15) is 31.4 Å². The molecule has 1 fully saturated rings. The molecule has 1 heterocycles. The summed E-state index contributed by atoms with van der Waals surface area (Å²) in [5.74, 6) is 0.907. The molecule has 5 heteroatoms. The first-order valence-electron chi connectivity index (χ1n) is 7.39. The largest absolute Gasteiger partial charge is 0.467 e. The monoisotopic (exact) mass is 290 g/mol. The lowest BCUT2D eigenvalue weighted by molar-refractivity contribution is -0.130. The lowest BCUT2D eigenvalue weighted by Crippen LogP contribution is -2.37. The number of rotatable bonds is 6. The molecule has 1 saturated carbocycles. The van der Waals surface area contributed by atoms with Gasteiger partial charge in [-0.3, -0.25) is 9.59 Å². The van der Waals surface area contributed by atoms with Crippen LogP contribution in [0, 0.1) is 11.8 Å². The first kappa shape index (κ1) is 15.4. The van der Waals surface area contributed by atoms with Gasteiger partial charge in [0.25, 0.3) is 0 Å². The molecular weight excluding hydrogens is 268 g/mol. The topological polar surface area (TPSA) is 71.3 Å². The molecule has 1 aliphatic rings. The van der Waals surface area contributed by atoms with E-state index in [1.807, 2.05) is 6.07 Å². The molecule has 114 valence electrons. The second kappa shape index (κ2) is 7.67. The van der Waals surface area contributed by atoms with E-state index >= 15 is 0 Å². The summed E-state index contributed by atoms with van der Waals surface area (Å²) in [6.07, 6.45) is 6.32. The zero-order valence-electron chi connectivity index (χ0n) is 12.1. The minimum Gasteiger partial charge on any atom is -0.467 e. The maximum absolute atomic E-state index is 12.1. The quantitative estimate of drug-likeness (QED) is 0.787. The Kier molecular flexibility index (Phi) is 5.60. The summed E-state index contributed by atoms with van der Waals surface area (Å²) in [5, 5.41) is 5.71. The maximum atomic E-state index is 12.1. The fraction of sp³-hybridized carbons (Fsp3) is 0.500. The van der Waals surface area contributed by atoms with Crippen LogP contribution >= 0.6 is 0 Å². The number of furan rings is 1. The van der Waals surface area contributed by atoms with Gasteiger partial charge in [-0.05, 0) is 37.8 Å². The van der Waals surface area contributed by atoms with Gasteiger partial charge in [-0.1, -0.05) is 6.08 Å². The van der Waals surface area contributed by atoms with E-state index in [-0.39, 0.29) is 23.7 Å². The Hall–Kier alpha value is -2.04. The van der Waals surface area contributed by atoms with E-state index in [1.165, 1.54) is 0 Å². The number of hydrogen-bond acceptors (Lipinski definition) is 3. The van der Waals surface area contributed by atoms with Crippen molar-refractivity contribution in [3.63, 3.8) is 0 Å². The molecule has 2 amide bonds. The molecule has 1 aliphatic carbocycles. The highest BCUT2D eigenvalue weighted by Gasteiger charge is 2.29. The van der Waals surface area contributed by atoms with Crippen molar-refractivity contribution in [2.45, 2.75) is 32.2 Å². The predicted octanol–water partition coefficient (Wildman–Crippen LogP) is 2.00. The molecule has 1 aromatic heterocycles. The number of hydrogen-bond donors (Lipinski definition) is 2. The molecule has 0 spiro atoms. The zero-order chi connectivity index (χ0) is 15.1. The molecule has 2 rings (SSSR count). The number of carbonyl (C=O) groups excluding carboxylic acids is 2. The molecule has 2 N–H and O–H groups in total. The van der Waals surface area contributed by atoms with Crippen LogP contribution in [0.2, 0.25) is 0 Å². The molecule has 0 radical (unpaired) electrons. The van der Waals surface area contributed by atoms with Crippen molar-refractivity contribution in [2.24, 2.45) is 11.8 Å². The Labute approximate surface area is 124 Å². The summed E-state index contributed by atoms with van der Waals surface area (Å²) < 4.78 is 5.18. The standard InChI is InChI=1S/C16H22N2O3/c1-2-9-17-15(19)12-5-7-13(8-6-12)16(20)18-11-14-4-3-10-21-14/h2-4,10,12-13H,1,5-9,11H2,(H,17,19)(H,18,20). The SMILES string of the molecule is C=CCNC(=O)C1CCC(C(=O)NCc2ccco2)CC1. The lowest BCUT2D eigenvalue weighted by Gasteiger charge is -2.26. The van der Waals surface area contributed by atoms with E-state index in [0.29, 0.717) is 13.1 Å². The van der Waals surface area contributed by atoms with Gasteiger partial charge in [0.15, 0.2) is 0 Å². The molecule has 5 nitrogen and oxygen atoms in total. The average molecular weight is 290 g/mol. The number of carbonyl (C=O) groups is 2. The minimum atomic E-state index is 0.00316. The minimum absolute atomic E-state index is 0.00316. The molecule has 0 saturated heterocycles. The molecule has 0 bridgehead atoms. The third kappa shape index (κ3) is 4.48. The van der Waals surface area contributed by atoms with Crippen LogP contribution in [-0.2, 0) is 16.1 Å². The van der Waals surface area contributed by atoms with Gasteiger partial charge in [0, 0.05) is 18.4 Å². The molecule has 21 heavy (non-hydrogen) atoms. The average Bonchev–Trinajstić information content (AvgIpc) is 3.04. The van der Waals surface area contributed by atoms with Gasteiger partial charge in [-0.2, -0.15) is 0 Å². The number of amides is 2. The second-order valence-corrected chi connectivity index (χ2v) is 5.38.